The summed E-state index contributed by atoms with van der Waals surface area (Å²) >= 11 is 0. The molecule has 0 bridgehead atoms. The Labute approximate surface area is 332 Å². The van der Waals surface area contributed by atoms with E-state index >= 15 is 0 Å². The number of para-hydroxylation sites is 1. The summed E-state index contributed by atoms with van der Waals surface area (Å²) in [7, 11) is 0. The highest BCUT2D eigenvalue weighted by molar-refractivity contribution is 6.31. The Morgan fingerprint density at radius 2 is 1.00 bits per heavy atom. The second-order valence-corrected chi connectivity index (χ2v) is 15.3. The third-order valence-corrected chi connectivity index (χ3v) is 12.1. The van der Waals surface area contributed by atoms with Crippen LogP contribution in [0, 0.1) is 0 Å². The zero-order chi connectivity index (χ0) is 37.9. The first kappa shape index (κ1) is 31.4. The van der Waals surface area contributed by atoms with Gasteiger partial charge in [0, 0.05) is 21.7 Å². The summed E-state index contributed by atoms with van der Waals surface area (Å²) in [6, 6.07) is 67.5. The maximum Gasteiger partial charge on any atom is 0.236 e. The van der Waals surface area contributed by atoms with E-state index in [0.717, 1.165) is 44.2 Å². The van der Waals surface area contributed by atoms with Crippen molar-refractivity contribution < 1.29 is 4.42 Å². The fourth-order valence-corrected chi connectivity index (χ4v) is 9.59. The van der Waals surface area contributed by atoms with Crippen LogP contribution in [-0.4, -0.2) is 14.5 Å². The van der Waals surface area contributed by atoms with Crippen LogP contribution in [0.5, 0.6) is 0 Å². The highest BCUT2D eigenvalue weighted by Crippen LogP contribution is 2.50. The minimum absolute atomic E-state index is 0.608. The molecular formula is C54H31N3O. The summed E-state index contributed by atoms with van der Waals surface area (Å²) in [5, 5.41) is 10.6. The summed E-state index contributed by atoms with van der Waals surface area (Å²) in [6.45, 7) is 0. The summed E-state index contributed by atoms with van der Waals surface area (Å²) < 4.78 is 8.89. The number of furan rings is 1. The monoisotopic (exact) mass is 737 g/mol. The fraction of sp³-hybridized carbons (Fsp3) is 0. The molecule has 0 atom stereocenters. The molecule has 4 nitrogen and oxygen atoms in total. The predicted molar refractivity (Wildman–Crippen MR) is 240 cm³/mol. The Morgan fingerprint density at radius 1 is 0.397 bits per heavy atom. The van der Waals surface area contributed by atoms with Crippen LogP contribution in [-0.2, 0) is 0 Å². The van der Waals surface area contributed by atoms with Crippen molar-refractivity contribution in [2.45, 2.75) is 0 Å². The van der Waals surface area contributed by atoms with E-state index in [2.05, 4.69) is 174 Å². The van der Waals surface area contributed by atoms with Crippen molar-refractivity contribution in [1.29, 1.82) is 0 Å². The number of fused-ring (bicyclic) bond motifs is 5. The lowest BCUT2D eigenvalue weighted by atomic mass is 9.85. The summed E-state index contributed by atoms with van der Waals surface area (Å²) in [5.74, 6) is 0.608. The minimum Gasteiger partial charge on any atom is -0.452 e. The van der Waals surface area contributed by atoms with Gasteiger partial charge in [0.05, 0.1) is 11.0 Å². The molecule has 0 N–H and O–H groups in total. The zero-order valence-corrected chi connectivity index (χ0v) is 31.1. The van der Waals surface area contributed by atoms with Gasteiger partial charge in [-0.1, -0.05) is 152 Å². The van der Waals surface area contributed by atoms with Crippen molar-refractivity contribution in [2.24, 2.45) is 0 Å². The highest BCUT2D eigenvalue weighted by atomic mass is 16.3. The van der Waals surface area contributed by atoms with Crippen molar-refractivity contribution in [3.05, 3.63) is 210 Å². The van der Waals surface area contributed by atoms with E-state index in [0.29, 0.717) is 11.5 Å². The van der Waals surface area contributed by atoms with Crippen LogP contribution in [0.15, 0.2) is 192 Å². The first-order valence-electron chi connectivity index (χ1n) is 19.7. The van der Waals surface area contributed by atoms with Gasteiger partial charge in [-0.05, 0) is 102 Å². The largest absolute Gasteiger partial charge is 0.452 e. The highest BCUT2D eigenvalue weighted by Gasteiger charge is 2.29. The normalized spacial score (nSPS) is 12.8. The van der Waals surface area contributed by atoms with Crippen LogP contribution in [0.1, 0.15) is 22.3 Å². The van der Waals surface area contributed by atoms with Gasteiger partial charge in [-0.25, -0.2) is 9.97 Å². The molecule has 9 aromatic carbocycles. The Bertz CT molecular complexity index is 3740. The second kappa shape index (κ2) is 11.8. The third kappa shape index (κ3) is 4.40. The molecule has 1 aliphatic carbocycles. The number of rotatable bonds is 4. The average Bonchev–Trinajstić information content (AvgIpc) is 3.79. The SMILES string of the molecule is c1ccc(C2=C(c3ccc4ccccc4c3)c3cccc4c3c3c5c2cccc5ccc3n4-c2nc(-c3ccc4ccccc4c3)c3oc4ccccc4c3n2)cc1. The van der Waals surface area contributed by atoms with Gasteiger partial charge in [0.1, 0.15) is 16.8 Å². The van der Waals surface area contributed by atoms with E-state index in [4.69, 9.17) is 14.4 Å². The van der Waals surface area contributed by atoms with Crippen LogP contribution >= 0.6 is 0 Å². The van der Waals surface area contributed by atoms with E-state index in [1.54, 1.807) is 0 Å². The molecule has 12 aromatic rings. The summed E-state index contributed by atoms with van der Waals surface area (Å²) in [4.78, 5) is 10.9. The smallest absolute Gasteiger partial charge is 0.236 e. The van der Waals surface area contributed by atoms with Gasteiger partial charge >= 0.3 is 0 Å². The molecule has 0 radical (unpaired) electrons. The quantitative estimate of drug-likeness (QED) is 0.181. The Hall–Kier alpha value is -7.82. The van der Waals surface area contributed by atoms with Crippen molar-refractivity contribution >= 4 is 87.3 Å². The molecule has 1 aliphatic rings. The third-order valence-electron chi connectivity index (χ3n) is 12.1. The van der Waals surface area contributed by atoms with Crippen molar-refractivity contribution in [2.75, 3.05) is 0 Å². The fourth-order valence-electron chi connectivity index (χ4n) is 9.59. The maximum absolute atomic E-state index is 6.61. The number of nitrogens with zero attached hydrogens (tertiary/aromatic N) is 3. The molecular weight excluding hydrogens is 707 g/mol. The number of hydrogen-bond donors (Lipinski definition) is 0. The molecule has 4 heteroatoms. The molecule has 0 aliphatic heterocycles. The maximum atomic E-state index is 6.61. The molecule has 0 fully saturated rings. The Balaban J connectivity index is 1.18. The molecule has 0 saturated carbocycles. The Kier molecular flexibility index (Phi) is 6.41. The van der Waals surface area contributed by atoms with Crippen LogP contribution in [0.2, 0.25) is 0 Å². The van der Waals surface area contributed by atoms with Gasteiger partial charge in [0.25, 0.3) is 0 Å². The van der Waals surface area contributed by atoms with E-state index < -0.39 is 0 Å². The number of hydrogen-bond acceptors (Lipinski definition) is 3. The molecule has 13 rings (SSSR count). The molecule has 268 valence electrons. The van der Waals surface area contributed by atoms with E-state index in [-0.39, 0.29) is 0 Å². The lowest BCUT2D eigenvalue weighted by Gasteiger charge is -2.19. The lowest BCUT2D eigenvalue weighted by molar-refractivity contribution is 0.666. The van der Waals surface area contributed by atoms with Crippen LogP contribution in [0.3, 0.4) is 0 Å². The molecule has 0 saturated heterocycles. The number of aromatic nitrogens is 3. The zero-order valence-electron chi connectivity index (χ0n) is 31.1. The molecule has 0 unspecified atom stereocenters. The predicted octanol–water partition coefficient (Wildman–Crippen LogP) is 13.9. The topological polar surface area (TPSA) is 43.9 Å². The molecule has 3 aromatic heterocycles. The average molecular weight is 738 g/mol. The van der Waals surface area contributed by atoms with E-state index in [1.807, 2.05) is 18.2 Å². The summed E-state index contributed by atoms with van der Waals surface area (Å²) in [6.07, 6.45) is 0. The van der Waals surface area contributed by atoms with Crippen molar-refractivity contribution in [3.63, 3.8) is 0 Å². The van der Waals surface area contributed by atoms with Crippen LogP contribution in [0.4, 0.5) is 0 Å². The van der Waals surface area contributed by atoms with Gasteiger partial charge in [0.2, 0.25) is 5.95 Å². The molecule has 3 heterocycles. The van der Waals surface area contributed by atoms with Gasteiger partial charge in [-0.15, -0.1) is 0 Å². The standard InChI is InChI=1S/C54H31N3O/c1-2-14-34(15-3-1)46-41-20-10-18-35-28-29-44-50(47(35)41)49-42(48(46)38-26-24-32-12-4-6-16-36(32)30-38)21-11-22-43(49)57(44)54-55-51(39-27-25-33-13-5-7-17-37(33)31-39)53-52(56-54)40-19-8-9-23-45(40)58-53/h1-31H. The summed E-state index contributed by atoms with van der Waals surface area (Å²) in [5.41, 5.74) is 13.3. The van der Waals surface area contributed by atoms with E-state index in [1.165, 1.54) is 71.1 Å². The van der Waals surface area contributed by atoms with Crippen molar-refractivity contribution in [3.8, 4) is 17.2 Å². The van der Waals surface area contributed by atoms with Gasteiger partial charge in [-0.3, -0.25) is 4.57 Å². The molecule has 58 heavy (non-hydrogen) atoms. The van der Waals surface area contributed by atoms with Crippen LogP contribution < -0.4 is 0 Å². The lowest BCUT2D eigenvalue weighted by Crippen LogP contribution is -2.04. The van der Waals surface area contributed by atoms with Gasteiger partial charge < -0.3 is 4.42 Å². The Morgan fingerprint density at radius 3 is 1.81 bits per heavy atom. The first-order chi connectivity index (χ1) is 28.8. The molecule has 0 spiro atoms. The van der Waals surface area contributed by atoms with E-state index in [9.17, 15) is 0 Å². The van der Waals surface area contributed by atoms with Crippen LogP contribution in [0.25, 0.3) is 105 Å². The molecule has 0 amide bonds. The number of benzene rings is 9. The second-order valence-electron chi connectivity index (χ2n) is 15.3. The van der Waals surface area contributed by atoms with Crippen molar-refractivity contribution in [1.82, 2.24) is 14.5 Å². The van der Waals surface area contributed by atoms with Gasteiger partial charge in [-0.2, -0.15) is 0 Å². The van der Waals surface area contributed by atoms with Gasteiger partial charge in [0.15, 0.2) is 5.58 Å². The minimum atomic E-state index is 0.608. The first-order valence-corrected chi connectivity index (χ1v) is 19.7.